The third-order valence-electron chi connectivity index (χ3n) is 1.93. The Hall–Kier alpha value is -0.210. The molecule has 0 spiro atoms. The molecule has 0 aliphatic carbocycles. The third kappa shape index (κ3) is 3.50. The fraction of sp³-hybridized carbons (Fsp3) is 0.455. The minimum Gasteiger partial charge on any atom is -0.493 e. The Morgan fingerprint density at radius 3 is 2.79 bits per heavy atom. The molecule has 0 heterocycles. The van der Waals surface area contributed by atoms with E-state index in [1.807, 2.05) is 25.1 Å². The number of hydrogen-bond donors (Lipinski definition) is 0. The van der Waals surface area contributed by atoms with Gasteiger partial charge in [0.1, 0.15) is 5.75 Å². The Bertz CT molecular complexity index is 301. The molecule has 0 fully saturated rings. The average molecular weight is 278 g/mol. The summed E-state index contributed by atoms with van der Waals surface area (Å²) in [6.45, 7) is 4.84. The van der Waals surface area contributed by atoms with E-state index in [-0.39, 0.29) is 0 Å². The molecular formula is C11H14BrClO. The van der Waals surface area contributed by atoms with Gasteiger partial charge in [0.2, 0.25) is 0 Å². The average Bonchev–Trinajstić information content (AvgIpc) is 2.19. The van der Waals surface area contributed by atoms with Gasteiger partial charge in [-0.1, -0.05) is 34.5 Å². The SMILES string of the molecule is Cc1cc(OCC(C)CBr)ccc1Cl. The van der Waals surface area contributed by atoms with Crippen LogP contribution in [-0.2, 0) is 0 Å². The molecule has 0 aliphatic rings. The molecule has 1 aromatic rings. The van der Waals surface area contributed by atoms with Gasteiger partial charge in [0.05, 0.1) is 6.61 Å². The van der Waals surface area contributed by atoms with Crippen LogP contribution in [0.15, 0.2) is 18.2 Å². The van der Waals surface area contributed by atoms with E-state index in [0.29, 0.717) is 5.92 Å². The summed E-state index contributed by atoms with van der Waals surface area (Å²) in [6, 6.07) is 5.73. The summed E-state index contributed by atoms with van der Waals surface area (Å²) in [5.41, 5.74) is 1.05. The molecule has 0 radical (unpaired) electrons. The largest absolute Gasteiger partial charge is 0.493 e. The summed E-state index contributed by atoms with van der Waals surface area (Å²) in [7, 11) is 0. The number of halogens is 2. The van der Waals surface area contributed by atoms with Gasteiger partial charge < -0.3 is 4.74 Å². The van der Waals surface area contributed by atoms with Crippen molar-refractivity contribution < 1.29 is 4.74 Å². The van der Waals surface area contributed by atoms with Gasteiger partial charge in [0, 0.05) is 10.4 Å². The minimum atomic E-state index is 0.519. The van der Waals surface area contributed by atoms with Crippen molar-refractivity contribution in [3.8, 4) is 5.75 Å². The van der Waals surface area contributed by atoms with Crippen molar-refractivity contribution in [2.45, 2.75) is 13.8 Å². The topological polar surface area (TPSA) is 9.23 Å². The molecule has 78 valence electrons. The van der Waals surface area contributed by atoms with E-state index in [1.54, 1.807) is 0 Å². The van der Waals surface area contributed by atoms with Crippen molar-refractivity contribution in [2.75, 3.05) is 11.9 Å². The molecular weight excluding hydrogens is 263 g/mol. The van der Waals surface area contributed by atoms with Crippen LogP contribution in [-0.4, -0.2) is 11.9 Å². The molecule has 0 N–H and O–H groups in total. The summed E-state index contributed by atoms with van der Waals surface area (Å²) in [6.07, 6.45) is 0. The fourth-order valence-corrected chi connectivity index (χ4v) is 1.29. The molecule has 0 saturated heterocycles. The number of ether oxygens (including phenoxy) is 1. The van der Waals surface area contributed by atoms with Crippen molar-refractivity contribution >= 4 is 27.5 Å². The van der Waals surface area contributed by atoms with E-state index >= 15 is 0 Å². The monoisotopic (exact) mass is 276 g/mol. The highest BCUT2D eigenvalue weighted by Gasteiger charge is 2.02. The molecule has 14 heavy (non-hydrogen) atoms. The fourth-order valence-electron chi connectivity index (χ4n) is 0.990. The molecule has 0 saturated carbocycles. The van der Waals surface area contributed by atoms with Crippen LogP contribution in [0.4, 0.5) is 0 Å². The lowest BCUT2D eigenvalue weighted by Gasteiger charge is -2.11. The zero-order chi connectivity index (χ0) is 10.6. The normalized spacial score (nSPS) is 12.6. The van der Waals surface area contributed by atoms with Crippen LogP contribution in [0.5, 0.6) is 5.75 Å². The maximum Gasteiger partial charge on any atom is 0.119 e. The van der Waals surface area contributed by atoms with E-state index in [0.717, 1.165) is 28.3 Å². The minimum absolute atomic E-state index is 0.519. The highest BCUT2D eigenvalue weighted by Crippen LogP contribution is 2.21. The predicted molar refractivity (Wildman–Crippen MR) is 64.6 cm³/mol. The number of benzene rings is 1. The summed E-state index contributed by atoms with van der Waals surface area (Å²) in [4.78, 5) is 0. The first-order valence-electron chi connectivity index (χ1n) is 4.58. The van der Waals surface area contributed by atoms with Crippen molar-refractivity contribution in [3.63, 3.8) is 0 Å². The first-order chi connectivity index (χ1) is 6.63. The summed E-state index contributed by atoms with van der Waals surface area (Å²) >= 11 is 9.32. The Kier molecular flexibility index (Phi) is 4.76. The van der Waals surface area contributed by atoms with Gasteiger partial charge in [0.15, 0.2) is 0 Å². The van der Waals surface area contributed by atoms with Gasteiger partial charge in [-0.05, 0) is 36.6 Å². The lowest BCUT2D eigenvalue weighted by molar-refractivity contribution is 0.274. The highest BCUT2D eigenvalue weighted by atomic mass is 79.9. The van der Waals surface area contributed by atoms with Crippen LogP contribution < -0.4 is 4.74 Å². The van der Waals surface area contributed by atoms with Crippen molar-refractivity contribution in [3.05, 3.63) is 28.8 Å². The van der Waals surface area contributed by atoms with Crippen LogP contribution in [0, 0.1) is 12.8 Å². The quantitative estimate of drug-likeness (QED) is 0.754. The first kappa shape index (κ1) is 11.9. The number of aryl methyl sites for hydroxylation is 1. The van der Waals surface area contributed by atoms with Crippen LogP contribution in [0.25, 0.3) is 0 Å². The molecule has 0 amide bonds. The molecule has 1 nitrogen and oxygen atoms in total. The number of hydrogen-bond acceptors (Lipinski definition) is 1. The highest BCUT2D eigenvalue weighted by molar-refractivity contribution is 9.09. The van der Waals surface area contributed by atoms with Crippen molar-refractivity contribution in [1.29, 1.82) is 0 Å². The first-order valence-corrected chi connectivity index (χ1v) is 6.08. The second kappa shape index (κ2) is 5.62. The van der Waals surface area contributed by atoms with Gasteiger partial charge in [-0.3, -0.25) is 0 Å². The Labute approximate surface area is 98.5 Å². The smallest absolute Gasteiger partial charge is 0.119 e. The van der Waals surface area contributed by atoms with Crippen LogP contribution in [0.1, 0.15) is 12.5 Å². The molecule has 1 atom stereocenters. The second-order valence-electron chi connectivity index (χ2n) is 3.48. The van der Waals surface area contributed by atoms with E-state index in [2.05, 4.69) is 22.9 Å². The van der Waals surface area contributed by atoms with E-state index in [4.69, 9.17) is 16.3 Å². The Balaban J connectivity index is 2.55. The van der Waals surface area contributed by atoms with Crippen LogP contribution >= 0.6 is 27.5 Å². The molecule has 3 heteroatoms. The summed E-state index contributed by atoms with van der Waals surface area (Å²) in [5, 5.41) is 1.74. The van der Waals surface area contributed by atoms with Gasteiger partial charge in [-0.25, -0.2) is 0 Å². The van der Waals surface area contributed by atoms with Gasteiger partial charge >= 0.3 is 0 Å². The summed E-state index contributed by atoms with van der Waals surface area (Å²) < 4.78 is 5.61. The van der Waals surface area contributed by atoms with Crippen LogP contribution in [0.3, 0.4) is 0 Å². The van der Waals surface area contributed by atoms with Gasteiger partial charge in [0.25, 0.3) is 0 Å². The van der Waals surface area contributed by atoms with Gasteiger partial charge in [-0.15, -0.1) is 0 Å². The van der Waals surface area contributed by atoms with E-state index in [1.165, 1.54) is 0 Å². The Morgan fingerprint density at radius 1 is 1.50 bits per heavy atom. The van der Waals surface area contributed by atoms with Crippen LogP contribution in [0.2, 0.25) is 5.02 Å². The molecule has 0 aromatic heterocycles. The lowest BCUT2D eigenvalue weighted by Crippen LogP contribution is -2.09. The van der Waals surface area contributed by atoms with Crippen molar-refractivity contribution in [1.82, 2.24) is 0 Å². The van der Waals surface area contributed by atoms with E-state index in [9.17, 15) is 0 Å². The summed E-state index contributed by atoms with van der Waals surface area (Å²) in [5.74, 6) is 1.41. The zero-order valence-electron chi connectivity index (χ0n) is 8.39. The number of alkyl halides is 1. The van der Waals surface area contributed by atoms with Crippen molar-refractivity contribution in [2.24, 2.45) is 5.92 Å². The maximum absolute atomic E-state index is 5.91. The zero-order valence-corrected chi connectivity index (χ0v) is 10.7. The maximum atomic E-state index is 5.91. The molecule has 1 rings (SSSR count). The molecule has 0 aliphatic heterocycles. The lowest BCUT2D eigenvalue weighted by atomic mass is 10.2. The predicted octanol–water partition coefficient (Wildman–Crippen LogP) is 4.06. The third-order valence-corrected chi connectivity index (χ3v) is 3.46. The Morgan fingerprint density at radius 2 is 2.21 bits per heavy atom. The molecule has 1 aromatic carbocycles. The number of rotatable bonds is 4. The van der Waals surface area contributed by atoms with Gasteiger partial charge in [-0.2, -0.15) is 0 Å². The molecule has 0 bridgehead atoms. The van der Waals surface area contributed by atoms with E-state index < -0.39 is 0 Å². The standard InChI is InChI=1S/C11H14BrClO/c1-8(6-12)7-14-10-3-4-11(13)9(2)5-10/h3-5,8H,6-7H2,1-2H3. The molecule has 1 unspecified atom stereocenters. The second-order valence-corrected chi connectivity index (χ2v) is 4.54.